The van der Waals surface area contributed by atoms with Gasteiger partial charge >= 0.3 is 0 Å². The monoisotopic (exact) mass is 333 g/mol. The summed E-state index contributed by atoms with van der Waals surface area (Å²) in [7, 11) is -3.56. The molecule has 23 heavy (non-hydrogen) atoms. The van der Waals surface area contributed by atoms with E-state index in [4.69, 9.17) is 0 Å². The summed E-state index contributed by atoms with van der Waals surface area (Å²) in [4.78, 5) is 0.239. The van der Waals surface area contributed by atoms with Crippen LogP contribution in [0, 0.1) is 0 Å². The molecule has 0 amide bonds. The van der Waals surface area contributed by atoms with Gasteiger partial charge < -0.3 is 5.11 Å². The topological polar surface area (TPSA) is 66.4 Å². The maximum Gasteiger partial charge on any atom is 0.261 e. The molecule has 0 saturated carbocycles. The second-order valence-electron chi connectivity index (χ2n) is 5.74. The lowest BCUT2D eigenvalue weighted by molar-refractivity contribution is 0.153. The van der Waals surface area contributed by atoms with Crippen LogP contribution in [0.5, 0.6) is 0 Å². The zero-order valence-corrected chi connectivity index (χ0v) is 14.3. The zero-order valence-electron chi connectivity index (χ0n) is 13.4. The van der Waals surface area contributed by atoms with Crippen LogP contribution in [-0.4, -0.2) is 19.6 Å². The van der Waals surface area contributed by atoms with Crippen LogP contribution < -0.4 is 4.72 Å². The van der Waals surface area contributed by atoms with Crippen molar-refractivity contribution in [1.82, 2.24) is 0 Å². The average Bonchev–Trinajstić information content (AvgIpc) is 2.55. The van der Waals surface area contributed by atoms with E-state index in [9.17, 15) is 13.5 Å². The van der Waals surface area contributed by atoms with E-state index in [1.165, 1.54) is 0 Å². The van der Waals surface area contributed by atoms with Crippen molar-refractivity contribution < 1.29 is 13.5 Å². The molecular formula is C18H23NO3S. The number of hydrogen-bond acceptors (Lipinski definition) is 3. The fourth-order valence-electron chi connectivity index (χ4n) is 2.40. The number of sulfonamides is 1. The van der Waals surface area contributed by atoms with Gasteiger partial charge in [0.05, 0.1) is 11.0 Å². The van der Waals surface area contributed by atoms with Crippen LogP contribution >= 0.6 is 0 Å². The van der Waals surface area contributed by atoms with Gasteiger partial charge in [-0.3, -0.25) is 4.72 Å². The Kier molecular flexibility index (Phi) is 5.80. The lowest BCUT2D eigenvalue weighted by atomic mass is 9.94. The second kappa shape index (κ2) is 7.62. The van der Waals surface area contributed by atoms with Crippen LogP contribution in [0.4, 0.5) is 5.69 Å². The number of nitrogens with one attached hydrogen (secondary N) is 1. The molecule has 4 nitrogen and oxygen atoms in total. The Morgan fingerprint density at radius 1 is 1.04 bits per heavy atom. The summed E-state index contributed by atoms with van der Waals surface area (Å²) in [5, 5.41) is 9.73. The number of benzene rings is 2. The normalized spacial score (nSPS) is 14.2. The third kappa shape index (κ3) is 4.81. The number of hydrogen-bond donors (Lipinski definition) is 2. The maximum atomic E-state index is 12.3. The maximum absolute atomic E-state index is 12.3. The first-order chi connectivity index (χ1) is 10.9. The molecule has 0 fully saturated rings. The van der Waals surface area contributed by atoms with E-state index in [1.54, 1.807) is 42.5 Å². The Labute approximate surface area is 138 Å². The Morgan fingerprint density at radius 3 is 2.22 bits per heavy atom. The quantitative estimate of drug-likeness (QED) is 0.811. The van der Waals surface area contributed by atoms with Gasteiger partial charge in [0, 0.05) is 5.69 Å². The molecule has 0 aromatic heterocycles. The molecule has 2 atom stereocenters. The van der Waals surface area contributed by atoms with Gasteiger partial charge in [0.25, 0.3) is 10.0 Å². The minimum atomic E-state index is -3.56. The Hall–Kier alpha value is -1.85. The Morgan fingerprint density at radius 2 is 1.65 bits per heavy atom. The molecule has 0 spiro atoms. The van der Waals surface area contributed by atoms with Gasteiger partial charge in [0.15, 0.2) is 0 Å². The van der Waals surface area contributed by atoms with E-state index >= 15 is 0 Å². The first-order valence-corrected chi connectivity index (χ1v) is 9.26. The van der Waals surface area contributed by atoms with Crippen molar-refractivity contribution in [2.75, 3.05) is 4.72 Å². The van der Waals surface area contributed by atoms with E-state index < -0.39 is 10.0 Å². The standard InChI is InChI=1S/C18H23NO3S/c1-3-17(20)13-14(2)15-9-11-16(12-10-15)19-23(21,22)18-7-5-4-6-8-18/h4-12,14,17,19-20H,3,13H2,1-2H3. The second-order valence-corrected chi connectivity index (χ2v) is 7.42. The molecule has 0 aliphatic heterocycles. The van der Waals surface area contributed by atoms with E-state index in [-0.39, 0.29) is 16.9 Å². The SMILES string of the molecule is CCC(O)CC(C)c1ccc(NS(=O)(=O)c2ccccc2)cc1. The molecule has 0 aliphatic carbocycles. The summed E-state index contributed by atoms with van der Waals surface area (Å²) < 4.78 is 27.1. The molecular weight excluding hydrogens is 310 g/mol. The molecule has 2 aromatic rings. The first-order valence-electron chi connectivity index (χ1n) is 7.78. The molecule has 0 saturated heterocycles. The summed E-state index contributed by atoms with van der Waals surface area (Å²) in [5.74, 6) is 0.227. The molecule has 5 heteroatoms. The fourth-order valence-corrected chi connectivity index (χ4v) is 3.48. The first kappa shape index (κ1) is 17.5. The van der Waals surface area contributed by atoms with Crippen LogP contribution in [0.25, 0.3) is 0 Å². The minimum absolute atomic E-state index is 0.227. The van der Waals surface area contributed by atoms with Gasteiger partial charge in [-0.25, -0.2) is 8.42 Å². The number of anilines is 1. The van der Waals surface area contributed by atoms with Crippen molar-refractivity contribution in [2.45, 2.75) is 43.6 Å². The molecule has 2 N–H and O–H groups in total. The molecule has 0 aliphatic rings. The van der Waals surface area contributed by atoms with Gasteiger partial charge in [-0.2, -0.15) is 0 Å². The molecule has 124 valence electrons. The van der Waals surface area contributed by atoms with Crippen LogP contribution in [0.15, 0.2) is 59.5 Å². The lowest BCUT2D eigenvalue weighted by Gasteiger charge is -2.16. The third-order valence-electron chi connectivity index (χ3n) is 3.88. The van der Waals surface area contributed by atoms with E-state index in [1.807, 2.05) is 19.1 Å². The fraction of sp³-hybridized carbons (Fsp3) is 0.333. The van der Waals surface area contributed by atoms with Gasteiger partial charge in [0.2, 0.25) is 0 Å². The molecule has 2 aromatic carbocycles. The molecule has 0 radical (unpaired) electrons. The predicted octanol–water partition coefficient (Wildman–Crippen LogP) is 3.75. The largest absolute Gasteiger partial charge is 0.393 e. The molecule has 2 unspecified atom stereocenters. The predicted molar refractivity (Wildman–Crippen MR) is 93.0 cm³/mol. The summed E-state index contributed by atoms with van der Waals surface area (Å²) in [6.45, 7) is 4.01. The zero-order chi connectivity index (χ0) is 16.9. The summed E-state index contributed by atoms with van der Waals surface area (Å²) in [6, 6.07) is 15.6. The summed E-state index contributed by atoms with van der Waals surface area (Å²) >= 11 is 0. The van der Waals surface area contributed by atoms with Crippen molar-refractivity contribution >= 4 is 15.7 Å². The number of aliphatic hydroxyl groups excluding tert-OH is 1. The van der Waals surface area contributed by atoms with Gasteiger partial charge in [-0.05, 0) is 48.6 Å². The van der Waals surface area contributed by atoms with Crippen LogP contribution in [0.3, 0.4) is 0 Å². The third-order valence-corrected chi connectivity index (χ3v) is 5.28. The van der Waals surface area contributed by atoms with Gasteiger partial charge in [-0.1, -0.05) is 44.2 Å². The van der Waals surface area contributed by atoms with E-state index in [0.29, 0.717) is 12.1 Å². The van der Waals surface area contributed by atoms with E-state index in [0.717, 1.165) is 12.0 Å². The van der Waals surface area contributed by atoms with Crippen molar-refractivity contribution in [3.8, 4) is 0 Å². The lowest BCUT2D eigenvalue weighted by Crippen LogP contribution is -2.13. The minimum Gasteiger partial charge on any atom is -0.393 e. The van der Waals surface area contributed by atoms with Gasteiger partial charge in [-0.15, -0.1) is 0 Å². The Bertz CT molecular complexity index is 712. The molecule has 0 heterocycles. The Balaban J connectivity index is 2.08. The van der Waals surface area contributed by atoms with Crippen LogP contribution in [0.2, 0.25) is 0 Å². The highest BCUT2D eigenvalue weighted by molar-refractivity contribution is 7.92. The van der Waals surface area contributed by atoms with Gasteiger partial charge in [0.1, 0.15) is 0 Å². The van der Waals surface area contributed by atoms with E-state index in [2.05, 4.69) is 11.6 Å². The van der Waals surface area contributed by atoms with Crippen molar-refractivity contribution in [2.24, 2.45) is 0 Å². The summed E-state index contributed by atoms with van der Waals surface area (Å²) in [6.07, 6.45) is 1.13. The number of rotatable bonds is 7. The van der Waals surface area contributed by atoms with Crippen LogP contribution in [-0.2, 0) is 10.0 Å². The van der Waals surface area contributed by atoms with Crippen molar-refractivity contribution in [3.63, 3.8) is 0 Å². The highest BCUT2D eigenvalue weighted by Gasteiger charge is 2.14. The average molecular weight is 333 g/mol. The summed E-state index contributed by atoms with van der Waals surface area (Å²) in [5.41, 5.74) is 1.61. The molecule has 0 bridgehead atoms. The van der Waals surface area contributed by atoms with Crippen molar-refractivity contribution in [3.05, 3.63) is 60.2 Å². The highest BCUT2D eigenvalue weighted by Crippen LogP contribution is 2.24. The van der Waals surface area contributed by atoms with Crippen molar-refractivity contribution in [1.29, 1.82) is 0 Å². The number of aliphatic hydroxyl groups is 1. The highest BCUT2D eigenvalue weighted by atomic mass is 32.2. The smallest absolute Gasteiger partial charge is 0.261 e. The van der Waals surface area contributed by atoms with Crippen LogP contribution in [0.1, 0.15) is 38.2 Å². The molecule has 2 rings (SSSR count).